The van der Waals surface area contributed by atoms with Gasteiger partial charge in [-0.05, 0) is 48.5 Å². The Morgan fingerprint density at radius 2 is 0.789 bits per heavy atom. The monoisotopic (exact) mass is 590 g/mol. The molecule has 0 unspecified atom stereocenters. The summed E-state index contributed by atoms with van der Waals surface area (Å²) in [5.74, 6) is -8.15. The number of rotatable bonds is 6. The number of sulfonamides is 2. The average molecular weight is 590 g/mol. The molecule has 4 N–H and O–H groups in total. The van der Waals surface area contributed by atoms with Crippen LogP contribution in [-0.2, 0) is 29.6 Å². The van der Waals surface area contributed by atoms with E-state index in [2.05, 4.69) is 0 Å². The molecule has 0 fully saturated rings. The fourth-order valence-corrected chi connectivity index (χ4v) is 4.44. The molecule has 0 saturated carbocycles. The normalized spacial score (nSPS) is 12.5. The highest BCUT2D eigenvalue weighted by molar-refractivity contribution is 7.95. The molecule has 0 radical (unpaired) electrons. The summed E-state index contributed by atoms with van der Waals surface area (Å²) in [4.78, 5) is 47.9. The Kier molecular flexibility index (Phi) is 7.85. The van der Waals surface area contributed by atoms with E-state index in [9.17, 15) is 62.4 Å². The molecule has 0 aliphatic carbocycles. The molecular weight excluding hydrogens is 578 g/mol. The second-order valence-electron chi connectivity index (χ2n) is 6.86. The van der Waals surface area contributed by atoms with Gasteiger partial charge in [-0.2, -0.15) is 51.8 Å². The Balaban J connectivity index is 2.80. The molecule has 0 spiro atoms. The van der Waals surface area contributed by atoms with Crippen LogP contribution in [0.15, 0.2) is 48.5 Å². The molecule has 0 atom stereocenters. The lowest BCUT2D eigenvalue weighted by Crippen LogP contribution is -2.54. The van der Waals surface area contributed by atoms with E-state index in [1.807, 2.05) is 0 Å². The van der Waals surface area contributed by atoms with Gasteiger partial charge in [-0.15, -0.1) is 0 Å². The first-order valence-corrected chi connectivity index (χ1v) is 12.1. The van der Waals surface area contributed by atoms with Crippen LogP contribution in [0.4, 0.5) is 37.7 Å². The van der Waals surface area contributed by atoms with Crippen LogP contribution in [-0.4, -0.2) is 51.5 Å². The Hall–Kier alpha value is -4.20. The summed E-state index contributed by atoms with van der Waals surface area (Å²) < 4.78 is 126. The van der Waals surface area contributed by atoms with Crippen molar-refractivity contribution in [2.45, 2.75) is 11.0 Å². The molecule has 0 saturated heterocycles. The molecule has 38 heavy (non-hydrogen) atoms. The van der Waals surface area contributed by atoms with Crippen LogP contribution in [0, 0.1) is 0 Å². The highest BCUT2D eigenvalue weighted by Gasteiger charge is 2.58. The van der Waals surface area contributed by atoms with E-state index in [0.717, 1.165) is 0 Å². The van der Waals surface area contributed by atoms with Gasteiger partial charge in [0, 0.05) is 11.1 Å². The number of nitrogens with zero attached hydrogens (tertiary/aromatic N) is 2. The van der Waals surface area contributed by atoms with Gasteiger partial charge >= 0.3 is 42.9 Å². The van der Waals surface area contributed by atoms with Gasteiger partial charge < -0.3 is 11.5 Å². The third-order valence-corrected chi connectivity index (χ3v) is 7.27. The second kappa shape index (κ2) is 9.93. The second-order valence-corrected chi connectivity index (χ2v) is 10.4. The van der Waals surface area contributed by atoms with Gasteiger partial charge in [0.1, 0.15) is 0 Å². The third-order valence-electron chi connectivity index (χ3n) is 4.39. The number of benzene rings is 2. The lowest BCUT2D eigenvalue weighted by atomic mass is 10.2. The van der Waals surface area contributed by atoms with Crippen molar-refractivity contribution >= 4 is 55.1 Å². The summed E-state index contributed by atoms with van der Waals surface area (Å²) in [6.45, 7) is 0. The van der Waals surface area contributed by atoms with Gasteiger partial charge in [0.05, 0.1) is 11.4 Å². The number of carbonyl (C=O) groups is 4. The number of alkyl halides is 6. The zero-order valence-corrected chi connectivity index (χ0v) is 19.7. The predicted molar refractivity (Wildman–Crippen MR) is 115 cm³/mol. The van der Waals surface area contributed by atoms with Crippen molar-refractivity contribution < 1.29 is 62.4 Å². The van der Waals surface area contributed by atoms with Crippen molar-refractivity contribution in [1.82, 2.24) is 0 Å². The zero-order chi connectivity index (χ0) is 29.4. The van der Waals surface area contributed by atoms with E-state index in [4.69, 9.17) is 11.5 Å². The molecule has 2 aromatic rings. The number of hydrogen-bond donors (Lipinski definition) is 2. The molecule has 0 aliphatic heterocycles. The number of primary amides is 2. The summed E-state index contributed by atoms with van der Waals surface area (Å²) in [5, 5.41) is 0. The first kappa shape index (κ1) is 30.0. The van der Waals surface area contributed by atoms with Gasteiger partial charge in [0.2, 0.25) is 11.8 Å². The van der Waals surface area contributed by atoms with Crippen molar-refractivity contribution in [1.29, 1.82) is 0 Å². The predicted octanol–water partition coefficient (Wildman–Crippen LogP) is 0.950. The van der Waals surface area contributed by atoms with E-state index in [-0.39, 0.29) is 0 Å². The van der Waals surface area contributed by atoms with Crippen LogP contribution in [0.5, 0.6) is 0 Å². The van der Waals surface area contributed by atoms with Crippen LogP contribution in [0.2, 0.25) is 0 Å². The molecule has 0 bridgehead atoms. The molecule has 12 nitrogen and oxygen atoms in total. The summed E-state index contributed by atoms with van der Waals surface area (Å²) >= 11 is 0. The minimum absolute atomic E-state index is 0.374. The van der Waals surface area contributed by atoms with Gasteiger partial charge in [0.15, 0.2) is 0 Å². The van der Waals surface area contributed by atoms with Crippen molar-refractivity contribution in [2.75, 3.05) is 8.61 Å². The molecule has 2 aromatic carbocycles. The maximum Gasteiger partial charge on any atom is 0.517 e. The topological polar surface area (TPSA) is 195 Å². The van der Waals surface area contributed by atoms with Crippen molar-refractivity contribution in [3.05, 3.63) is 59.7 Å². The summed E-state index contributed by atoms with van der Waals surface area (Å²) in [5.41, 5.74) is -6.26. The minimum atomic E-state index is -6.90. The molecule has 2 rings (SSSR count). The highest BCUT2D eigenvalue weighted by Crippen LogP contribution is 2.34. The van der Waals surface area contributed by atoms with Crippen LogP contribution in [0.1, 0.15) is 20.7 Å². The molecule has 0 aliphatic rings. The average Bonchev–Trinajstić information content (AvgIpc) is 2.78. The van der Waals surface area contributed by atoms with Crippen molar-refractivity contribution in [2.24, 2.45) is 11.5 Å². The van der Waals surface area contributed by atoms with E-state index in [0.29, 0.717) is 48.5 Å². The zero-order valence-electron chi connectivity index (χ0n) is 18.0. The van der Waals surface area contributed by atoms with Crippen LogP contribution >= 0.6 is 0 Å². The largest absolute Gasteiger partial charge is 0.517 e. The number of hydrogen-bond acceptors (Lipinski definition) is 8. The SMILES string of the molecule is NC(=O)c1ccc(N(C(=O)C(=O)N(c2ccc(C(N)=O)cc2)S(=O)(=O)C(F)(F)F)S(=O)(=O)C(F)(F)F)cc1. The lowest BCUT2D eigenvalue weighted by molar-refractivity contribution is -0.135. The molecule has 206 valence electrons. The summed E-state index contributed by atoms with van der Waals surface area (Å²) in [6.07, 6.45) is 0. The lowest BCUT2D eigenvalue weighted by Gasteiger charge is -2.27. The molecule has 4 amide bonds. The quantitative estimate of drug-likeness (QED) is 0.366. The van der Waals surface area contributed by atoms with E-state index in [1.165, 1.54) is 0 Å². The number of anilines is 2. The van der Waals surface area contributed by atoms with Crippen molar-refractivity contribution in [3.8, 4) is 0 Å². The molecule has 20 heteroatoms. The van der Waals surface area contributed by atoms with Crippen LogP contribution in [0.3, 0.4) is 0 Å². The Bertz CT molecular complexity index is 1390. The van der Waals surface area contributed by atoms with Gasteiger partial charge in [-0.1, -0.05) is 0 Å². The Morgan fingerprint density at radius 3 is 0.974 bits per heavy atom. The number of halogens is 6. The fraction of sp³-hybridized carbons (Fsp3) is 0.111. The number of amides is 4. The van der Waals surface area contributed by atoms with Gasteiger partial charge in [-0.3, -0.25) is 19.2 Å². The smallest absolute Gasteiger partial charge is 0.366 e. The minimum Gasteiger partial charge on any atom is -0.366 e. The highest BCUT2D eigenvalue weighted by atomic mass is 32.2. The summed E-state index contributed by atoms with van der Waals surface area (Å²) in [6, 6.07) is 3.94. The van der Waals surface area contributed by atoms with Crippen LogP contribution in [0.25, 0.3) is 0 Å². The first-order valence-electron chi connectivity index (χ1n) is 9.25. The number of carbonyl (C=O) groups excluding carboxylic acids is 4. The third kappa shape index (κ3) is 5.54. The maximum absolute atomic E-state index is 13.3. The standard InChI is InChI=1S/C18H12F6N4O8S2/c19-17(20,21)37(33,34)27(11-5-1-9(2-6-11)13(25)29)15(31)16(32)28(38(35,36)18(22,23)24)12-7-3-10(4-8-12)14(26)30/h1-8H,(H2,25,29)(H2,26,30). The maximum atomic E-state index is 13.3. The van der Waals surface area contributed by atoms with E-state index in [1.54, 1.807) is 0 Å². The van der Waals surface area contributed by atoms with Crippen molar-refractivity contribution in [3.63, 3.8) is 0 Å². The Labute approximate surface area is 208 Å². The van der Waals surface area contributed by atoms with E-state index >= 15 is 0 Å². The van der Waals surface area contributed by atoms with Gasteiger partial charge in [-0.25, -0.2) is 0 Å². The molecule has 0 aromatic heterocycles. The van der Waals surface area contributed by atoms with Gasteiger partial charge in [0.25, 0.3) is 0 Å². The number of nitrogens with two attached hydrogens (primary N) is 2. The molecular formula is C18H12F6N4O8S2. The molecule has 0 heterocycles. The van der Waals surface area contributed by atoms with E-state index < -0.39 is 85.8 Å². The Morgan fingerprint density at radius 1 is 0.553 bits per heavy atom. The van der Waals surface area contributed by atoms with Crippen LogP contribution < -0.4 is 20.1 Å². The fourth-order valence-electron chi connectivity index (χ4n) is 2.63. The summed E-state index contributed by atoms with van der Waals surface area (Å²) in [7, 11) is -13.8. The first-order chi connectivity index (χ1) is 17.1.